The summed E-state index contributed by atoms with van der Waals surface area (Å²) in [5.41, 5.74) is 6.23. The average Bonchev–Trinajstić information content (AvgIpc) is 2.41. The first kappa shape index (κ1) is 15.1. The van der Waals surface area contributed by atoms with E-state index in [1.165, 1.54) is 0 Å². The Morgan fingerprint density at radius 1 is 1.15 bits per heavy atom. The van der Waals surface area contributed by atoms with Crippen LogP contribution in [0.3, 0.4) is 0 Å². The molecule has 0 atom stereocenters. The van der Waals surface area contributed by atoms with Crippen molar-refractivity contribution in [2.24, 2.45) is 0 Å². The highest BCUT2D eigenvalue weighted by atomic mass is 32.2. The molecule has 0 aliphatic carbocycles. The number of likely N-dealkylation sites (N-methyl/N-ethyl adjacent to an activating group) is 1. The van der Waals surface area contributed by atoms with Crippen LogP contribution in [-0.2, 0) is 10.0 Å². The minimum Gasteiger partial charge on any atom is -0.492 e. The zero-order valence-electron chi connectivity index (χ0n) is 11.7. The fourth-order valence-corrected chi connectivity index (χ4v) is 3.30. The summed E-state index contributed by atoms with van der Waals surface area (Å²) in [7, 11) is -1.23. The number of nitrogens with zero attached hydrogens (tertiary/aromatic N) is 2. The molecular weight excluding hydrogens is 278 g/mol. The highest BCUT2D eigenvalue weighted by Gasteiger charge is 2.25. The van der Waals surface area contributed by atoms with Crippen molar-refractivity contribution >= 4 is 15.7 Å². The fourth-order valence-electron chi connectivity index (χ4n) is 2.02. The van der Waals surface area contributed by atoms with Gasteiger partial charge in [0.05, 0.1) is 5.75 Å². The molecule has 1 saturated heterocycles. The Labute approximate surface area is 120 Å². The number of hydrogen-bond donors (Lipinski definition) is 1. The predicted octanol–water partition coefficient (Wildman–Crippen LogP) is 0.225. The van der Waals surface area contributed by atoms with Gasteiger partial charge in [-0.3, -0.25) is 0 Å². The quantitative estimate of drug-likeness (QED) is 0.788. The predicted molar refractivity (Wildman–Crippen MR) is 79.2 cm³/mol. The summed E-state index contributed by atoms with van der Waals surface area (Å²) in [5, 5.41) is 0. The standard InChI is InChI=1S/C13H21N3O3S/c1-15-6-8-16(9-7-15)20(17,18)11-10-19-13-4-2-12(14)3-5-13/h2-5H,6-11,14H2,1H3. The van der Waals surface area contributed by atoms with E-state index in [0.29, 0.717) is 24.5 Å². The van der Waals surface area contributed by atoms with Gasteiger partial charge in [-0.1, -0.05) is 0 Å². The highest BCUT2D eigenvalue weighted by molar-refractivity contribution is 7.89. The molecule has 20 heavy (non-hydrogen) atoms. The second-order valence-electron chi connectivity index (χ2n) is 4.94. The Bertz CT molecular complexity index is 522. The number of ether oxygens (including phenoxy) is 1. The van der Waals surface area contributed by atoms with E-state index < -0.39 is 10.0 Å². The summed E-state index contributed by atoms with van der Waals surface area (Å²) >= 11 is 0. The molecule has 0 spiro atoms. The van der Waals surface area contributed by atoms with Crippen molar-refractivity contribution in [1.82, 2.24) is 9.21 Å². The summed E-state index contributed by atoms with van der Waals surface area (Å²) < 4.78 is 31.3. The molecule has 6 nitrogen and oxygen atoms in total. The summed E-state index contributed by atoms with van der Waals surface area (Å²) in [6.45, 7) is 2.82. The molecule has 1 aliphatic heterocycles. The third kappa shape index (κ3) is 4.09. The van der Waals surface area contributed by atoms with Crippen LogP contribution < -0.4 is 10.5 Å². The van der Waals surface area contributed by atoms with Crippen LogP contribution in [0.2, 0.25) is 0 Å². The average molecular weight is 299 g/mol. The zero-order chi connectivity index (χ0) is 14.6. The van der Waals surface area contributed by atoms with Gasteiger partial charge in [0.15, 0.2) is 0 Å². The number of anilines is 1. The summed E-state index contributed by atoms with van der Waals surface area (Å²) in [6.07, 6.45) is 0. The summed E-state index contributed by atoms with van der Waals surface area (Å²) in [6, 6.07) is 6.92. The molecule has 2 rings (SSSR count). The van der Waals surface area contributed by atoms with Gasteiger partial charge >= 0.3 is 0 Å². The lowest BCUT2D eigenvalue weighted by Gasteiger charge is -2.31. The Morgan fingerprint density at radius 3 is 2.35 bits per heavy atom. The van der Waals surface area contributed by atoms with Gasteiger partial charge in [-0.25, -0.2) is 8.42 Å². The van der Waals surface area contributed by atoms with Gasteiger partial charge < -0.3 is 15.4 Å². The lowest BCUT2D eigenvalue weighted by atomic mass is 10.3. The lowest BCUT2D eigenvalue weighted by molar-refractivity contribution is 0.221. The SMILES string of the molecule is CN1CCN(S(=O)(=O)CCOc2ccc(N)cc2)CC1. The van der Waals surface area contributed by atoms with Crippen LogP contribution in [0, 0.1) is 0 Å². The van der Waals surface area contributed by atoms with Gasteiger partial charge in [0, 0.05) is 31.9 Å². The molecule has 1 aliphatic rings. The molecule has 0 amide bonds. The van der Waals surface area contributed by atoms with Crippen LogP contribution in [-0.4, -0.2) is 63.2 Å². The molecular formula is C13H21N3O3S. The number of nitrogens with two attached hydrogens (primary N) is 1. The molecule has 0 radical (unpaired) electrons. The smallest absolute Gasteiger partial charge is 0.217 e. The maximum atomic E-state index is 12.1. The van der Waals surface area contributed by atoms with E-state index in [4.69, 9.17) is 10.5 Å². The summed E-state index contributed by atoms with van der Waals surface area (Å²) in [5.74, 6) is 0.633. The molecule has 1 fully saturated rings. The van der Waals surface area contributed by atoms with Crippen LogP contribution in [0.4, 0.5) is 5.69 Å². The van der Waals surface area contributed by atoms with E-state index >= 15 is 0 Å². The van der Waals surface area contributed by atoms with Gasteiger partial charge in [-0.2, -0.15) is 4.31 Å². The summed E-state index contributed by atoms with van der Waals surface area (Å²) in [4.78, 5) is 2.12. The van der Waals surface area contributed by atoms with Crippen molar-refractivity contribution in [2.45, 2.75) is 0 Å². The largest absolute Gasteiger partial charge is 0.492 e. The van der Waals surface area contributed by atoms with Crippen molar-refractivity contribution in [2.75, 3.05) is 51.3 Å². The Morgan fingerprint density at radius 2 is 1.75 bits per heavy atom. The van der Waals surface area contributed by atoms with Gasteiger partial charge in [0.2, 0.25) is 10.0 Å². The van der Waals surface area contributed by atoms with Gasteiger partial charge in [0.1, 0.15) is 12.4 Å². The van der Waals surface area contributed by atoms with Crippen LogP contribution in [0.5, 0.6) is 5.75 Å². The first-order valence-corrected chi connectivity index (χ1v) is 8.23. The van der Waals surface area contributed by atoms with Crippen molar-refractivity contribution in [3.8, 4) is 5.75 Å². The Kier molecular flexibility index (Phi) is 4.85. The topological polar surface area (TPSA) is 75.9 Å². The molecule has 1 aromatic rings. The fraction of sp³-hybridized carbons (Fsp3) is 0.538. The highest BCUT2D eigenvalue weighted by Crippen LogP contribution is 2.13. The molecule has 1 aromatic carbocycles. The second kappa shape index (κ2) is 6.43. The molecule has 0 unspecified atom stereocenters. The van der Waals surface area contributed by atoms with E-state index in [-0.39, 0.29) is 12.4 Å². The third-order valence-corrected chi connectivity index (χ3v) is 5.18. The van der Waals surface area contributed by atoms with Gasteiger partial charge in [-0.15, -0.1) is 0 Å². The van der Waals surface area contributed by atoms with Crippen LogP contribution in [0.25, 0.3) is 0 Å². The monoisotopic (exact) mass is 299 g/mol. The van der Waals surface area contributed by atoms with E-state index in [9.17, 15) is 8.42 Å². The van der Waals surface area contributed by atoms with E-state index in [1.54, 1.807) is 28.6 Å². The maximum absolute atomic E-state index is 12.1. The molecule has 2 N–H and O–H groups in total. The molecule has 1 heterocycles. The first-order valence-electron chi connectivity index (χ1n) is 6.62. The number of nitrogen functional groups attached to an aromatic ring is 1. The van der Waals surface area contributed by atoms with Crippen molar-refractivity contribution in [1.29, 1.82) is 0 Å². The van der Waals surface area contributed by atoms with Crippen molar-refractivity contribution in [3.05, 3.63) is 24.3 Å². The maximum Gasteiger partial charge on any atom is 0.217 e. The molecule has 7 heteroatoms. The molecule has 0 saturated carbocycles. The van der Waals surface area contributed by atoms with Crippen molar-refractivity contribution < 1.29 is 13.2 Å². The Balaban J connectivity index is 1.82. The van der Waals surface area contributed by atoms with Crippen LogP contribution in [0.1, 0.15) is 0 Å². The minimum absolute atomic E-state index is 0.00108. The normalized spacial score (nSPS) is 18.1. The van der Waals surface area contributed by atoms with E-state index in [2.05, 4.69) is 4.90 Å². The van der Waals surface area contributed by atoms with Crippen LogP contribution in [0.15, 0.2) is 24.3 Å². The molecule has 0 aromatic heterocycles. The number of rotatable bonds is 5. The number of benzene rings is 1. The number of piperazine rings is 1. The van der Waals surface area contributed by atoms with Gasteiger partial charge in [-0.05, 0) is 31.3 Å². The van der Waals surface area contributed by atoms with Crippen molar-refractivity contribution in [3.63, 3.8) is 0 Å². The minimum atomic E-state index is -3.23. The first-order chi connectivity index (χ1) is 9.47. The zero-order valence-corrected chi connectivity index (χ0v) is 12.5. The number of sulfonamides is 1. The number of hydrogen-bond acceptors (Lipinski definition) is 5. The molecule has 112 valence electrons. The lowest BCUT2D eigenvalue weighted by Crippen LogP contribution is -2.48. The molecule has 0 bridgehead atoms. The van der Waals surface area contributed by atoms with E-state index in [1.807, 2.05) is 7.05 Å². The third-order valence-electron chi connectivity index (χ3n) is 3.35. The Hall–Kier alpha value is -1.31. The van der Waals surface area contributed by atoms with Gasteiger partial charge in [0.25, 0.3) is 0 Å². The van der Waals surface area contributed by atoms with Crippen LogP contribution >= 0.6 is 0 Å². The second-order valence-corrected chi connectivity index (χ2v) is 7.02. The van der Waals surface area contributed by atoms with E-state index in [0.717, 1.165) is 13.1 Å².